The highest BCUT2D eigenvalue weighted by Crippen LogP contribution is 2.54. The van der Waals surface area contributed by atoms with E-state index >= 15 is 0 Å². The van der Waals surface area contributed by atoms with E-state index in [4.69, 9.17) is 9.05 Å². The summed E-state index contributed by atoms with van der Waals surface area (Å²) in [5, 5.41) is 0. The number of carbonyl (C=O) groups is 1. The number of ketones is 1. The molecule has 0 bridgehead atoms. The molecular formula is C16H27O4P. The Bertz CT molecular complexity index is 445. The summed E-state index contributed by atoms with van der Waals surface area (Å²) in [5.74, 6) is -0.130. The summed E-state index contributed by atoms with van der Waals surface area (Å²) in [4.78, 5) is 12.8. The Hall–Kier alpha value is -0.700. The van der Waals surface area contributed by atoms with E-state index in [9.17, 15) is 9.36 Å². The minimum absolute atomic E-state index is 0.0439. The molecule has 3 atom stereocenters. The summed E-state index contributed by atoms with van der Waals surface area (Å²) < 4.78 is 23.4. The van der Waals surface area contributed by atoms with Crippen LogP contribution in [0.4, 0.5) is 0 Å². The monoisotopic (exact) mass is 314 g/mol. The largest absolute Gasteiger partial charge is 0.340 e. The average molecular weight is 314 g/mol. The van der Waals surface area contributed by atoms with E-state index in [-0.39, 0.29) is 30.8 Å². The molecule has 0 saturated heterocycles. The zero-order valence-corrected chi connectivity index (χ0v) is 14.4. The lowest BCUT2D eigenvalue weighted by atomic mass is 9.77. The summed E-state index contributed by atoms with van der Waals surface area (Å²) in [6.07, 6.45) is 5.47. The first-order valence-electron chi connectivity index (χ1n) is 7.60. The summed E-state index contributed by atoms with van der Waals surface area (Å²) >= 11 is 0. The molecular weight excluding hydrogens is 287 g/mol. The van der Waals surface area contributed by atoms with Gasteiger partial charge in [0, 0.05) is 5.92 Å². The first-order chi connectivity index (χ1) is 9.89. The van der Waals surface area contributed by atoms with Crippen LogP contribution in [0.5, 0.6) is 0 Å². The molecule has 4 nitrogen and oxygen atoms in total. The Balaban J connectivity index is 2.96. The number of allylic oxidation sites excluding steroid dienone is 3. The highest BCUT2D eigenvalue weighted by molar-refractivity contribution is 7.55. The Labute approximate surface area is 128 Å². The van der Waals surface area contributed by atoms with Crippen molar-refractivity contribution in [3.63, 3.8) is 0 Å². The van der Waals surface area contributed by atoms with Crippen LogP contribution in [0.25, 0.3) is 0 Å². The SMILES string of the molecule is C=C[C@H]1CC=C(C)C[C@@H]1C(=O)C(C)P(=O)(OCC)OCC. The molecule has 0 aromatic heterocycles. The molecule has 0 aromatic carbocycles. The molecule has 1 rings (SSSR count). The third-order valence-electron chi connectivity index (χ3n) is 3.97. The molecule has 0 aromatic rings. The number of rotatable bonds is 8. The predicted molar refractivity (Wildman–Crippen MR) is 85.5 cm³/mol. The summed E-state index contributed by atoms with van der Waals surface area (Å²) in [5.41, 5.74) is 0.456. The molecule has 1 aliphatic rings. The molecule has 0 spiro atoms. The molecule has 0 heterocycles. The van der Waals surface area contributed by atoms with Crippen molar-refractivity contribution in [1.82, 2.24) is 0 Å². The maximum Gasteiger partial charge on any atom is 0.340 e. The summed E-state index contributed by atoms with van der Waals surface area (Å²) in [7, 11) is -3.39. The minimum Gasteiger partial charge on any atom is -0.308 e. The number of Topliss-reactive ketones (excluding diaryl/α,β-unsaturated/α-hetero) is 1. The van der Waals surface area contributed by atoms with E-state index in [2.05, 4.69) is 12.7 Å². The lowest BCUT2D eigenvalue weighted by molar-refractivity contribution is -0.123. The van der Waals surface area contributed by atoms with Crippen LogP contribution in [0.15, 0.2) is 24.3 Å². The van der Waals surface area contributed by atoms with Crippen molar-refractivity contribution in [1.29, 1.82) is 0 Å². The van der Waals surface area contributed by atoms with Crippen molar-refractivity contribution in [2.24, 2.45) is 11.8 Å². The van der Waals surface area contributed by atoms with Gasteiger partial charge in [0.1, 0.15) is 5.66 Å². The number of hydrogen-bond acceptors (Lipinski definition) is 4. The fourth-order valence-electron chi connectivity index (χ4n) is 2.74. The van der Waals surface area contributed by atoms with E-state index < -0.39 is 13.3 Å². The van der Waals surface area contributed by atoms with Gasteiger partial charge in [-0.3, -0.25) is 9.36 Å². The van der Waals surface area contributed by atoms with Crippen LogP contribution in [-0.4, -0.2) is 24.7 Å². The predicted octanol–water partition coefficient (Wildman–Crippen LogP) is 4.37. The standard InChI is InChI=1S/C16H27O4P/c1-6-14-10-9-12(4)11-15(14)16(17)13(5)21(18,19-7-2)20-8-3/h6,9,13-15H,1,7-8,10-11H2,2-5H3/t13?,14-,15-/m0/s1. The lowest BCUT2D eigenvalue weighted by Crippen LogP contribution is -2.33. The highest BCUT2D eigenvalue weighted by Gasteiger charge is 2.42. The quantitative estimate of drug-likeness (QED) is 0.493. The Morgan fingerprint density at radius 3 is 2.52 bits per heavy atom. The maximum absolute atomic E-state index is 12.8. The van der Waals surface area contributed by atoms with Crippen molar-refractivity contribution in [2.75, 3.05) is 13.2 Å². The van der Waals surface area contributed by atoms with Gasteiger partial charge in [-0.25, -0.2) is 0 Å². The molecule has 0 saturated carbocycles. The number of carbonyl (C=O) groups excluding carboxylic acids is 1. The third kappa shape index (κ3) is 4.38. The molecule has 0 radical (unpaired) electrons. The molecule has 21 heavy (non-hydrogen) atoms. The molecule has 120 valence electrons. The van der Waals surface area contributed by atoms with E-state index in [1.165, 1.54) is 5.57 Å². The fourth-order valence-corrected chi connectivity index (χ4v) is 4.49. The Morgan fingerprint density at radius 2 is 2.05 bits per heavy atom. The normalized spacial score (nSPS) is 24.3. The van der Waals surface area contributed by atoms with Crippen molar-refractivity contribution in [2.45, 2.75) is 46.2 Å². The van der Waals surface area contributed by atoms with Gasteiger partial charge in [0.15, 0.2) is 5.78 Å². The highest BCUT2D eigenvalue weighted by atomic mass is 31.2. The van der Waals surface area contributed by atoms with Crippen LogP contribution in [0.2, 0.25) is 0 Å². The van der Waals surface area contributed by atoms with Crippen LogP contribution in [0.1, 0.15) is 40.5 Å². The van der Waals surface area contributed by atoms with E-state index in [0.29, 0.717) is 6.42 Å². The second-order valence-corrected chi connectivity index (χ2v) is 7.82. The van der Waals surface area contributed by atoms with Gasteiger partial charge in [-0.2, -0.15) is 0 Å². The van der Waals surface area contributed by atoms with E-state index in [1.807, 2.05) is 13.0 Å². The molecule has 5 heteroatoms. The van der Waals surface area contributed by atoms with E-state index in [1.54, 1.807) is 20.8 Å². The Kier molecular flexibility index (Phi) is 7.05. The molecule has 1 unspecified atom stereocenters. The number of hydrogen-bond donors (Lipinski definition) is 0. The molecule has 1 aliphatic carbocycles. The van der Waals surface area contributed by atoms with Gasteiger partial charge in [-0.05, 0) is 46.5 Å². The minimum atomic E-state index is -3.39. The molecule has 0 fully saturated rings. The fraction of sp³-hybridized carbons (Fsp3) is 0.688. The topological polar surface area (TPSA) is 52.6 Å². The van der Waals surface area contributed by atoms with E-state index in [0.717, 1.165) is 6.42 Å². The molecule has 0 N–H and O–H groups in total. The van der Waals surface area contributed by atoms with Crippen molar-refractivity contribution in [3.8, 4) is 0 Å². The van der Waals surface area contributed by atoms with Gasteiger partial charge >= 0.3 is 7.60 Å². The Morgan fingerprint density at radius 1 is 1.48 bits per heavy atom. The van der Waals surface area contributed by atoms with Crippen LogP contribution >= 0.6 is 7.60 Å². The van der Waals surface area contributed by atoms with Crippen molar-refractivity contribution < 1.29 is 18.4 Å². The zero-order valence-electron chi connectivity index (χ0n) is 13.5. The van der Waals surface area contributed by atoms with Crippen LogP contribution in [0.3, 0.4) is 0 Å². The van der Waals surface area contributed by atoms with Gasteiger partial charge in [-0.1, -0.05) is 17.7 Å². The third-order valence-corrected chi connectivity index (χ3v) is 6.41. The summed E-state index contributed by atoms with van der Waals surface area (Å²) in [6.45, 7) is 11.5. The van der Waals surface area contributed by atoms with Gasteiger partial charge in [0.05, 0.1) is 13.2 Å². The molecule has 0 amide bonds. The van der Waals surface area contributed by atoms with Crippen molar-refractivity contribution >= 4 is 13.4 Å². The molecule has 0 aliphatic heterocycles. The smallest absolute Gasteiger partial charge is 0.308 e. The van der Waals surface area contributed by atoms with Gasteiger partial charge < -0.3 is 9.05 Å². The second kappa shape index (κ2) is 8.07. The summed E-state index contributed by atoms with van der Waals surface area (Å²) in [6, 6.07) is 0. The lowest BCUT2D eigenvalue weighted by Gasteiger charge is -2.31. The van der Waals surface area contributed by atoms with Gasteiger partial charge in [0.2, 0.25) is 0 Å². The average Bonchev–Trinajstić information content (AvgIpc) is 2.46. The van der Waals surface area contributed by atoms with Crippen LogP contribution < -0.4 is 0 Å². The van der Waals surface area contributed by atoms with Crippen LogP contribution in [0, 0.1) is 11.8 Å². The maximum atomic E-state index is 12.8. The van der Waals surface area contributed by atoms with Crippen molar-refractivity contribution in [3.05, 3.63) is 24.3 Å². The van der Waals surface area contributed by atoms with Gasteiger partial charge in [0.25, 0.3) is 0 Å². The first kappa shape index (κ1) is 18.3. The van der Waals surface area contributed by atoms with Gasteiger partial charge in [-0.15, -0.1) is 6.58 Å². The second-order valence-electron chi connectivity index (χ2n) is 5.45. The zero-order chi connectivity index (χ0) is 16.0. The first-order valence-corrected chi connectivity index (χ1v) is 9.21. The van der Waals surface area contributed by atoms with Crippen LogP contribution in [-0.2, 0) is 18.4 Å².